The van der Waals surface area contributed by atoms with E-state index in [1.807, 2.05) is 34.6 Å². The number of hydrogen-bond donors (Lipinski definition) is 1. The quantitative estimate of drug-likeness (QED) is 0.671. The van der Waals surface area contributed by atoms with Crippen molar-refractivity contribution in [3.63, 3.8) is 0 Å². The Morgan fingerprint density at radius 1 is 0.750 bits per heavy atom. The predicted octanol–water partition coefficient (Wildman–Crippen LogP) is 4.21. The molecule has 0 spiro atoms. The van der Waals surface area contributed by atoms with Crippen LogP contribution in [0.15, 0.2) is 0 Å². The average molecular weight is 177 g/mol. The van der Waals surface area contributed by atoms with Gasteiger partial charge in [0, 0.05) is 0 Å². The van der Waals surface area contributed by atoms with Crippen molar-refractivity contribution in [3.05, 3.63) is 0 Å². The van der Waals surface area contributed by atoms with E-state index in [0.29, 0.717) is 0 Å². The van der Waals surface area contributed by atoms with Gasteiger partial charge in [-0.25, -0.2) is 0 Å². The Morgan fingerprint density at radius 3 is 0.917 bits per heavy atom. The fourth-order valence-electron chi connectivity index (χ4n) is 0.354. The Bertz CT molecular complexity index is 19.0. The summed E-state index contributed by atoms with van der Waals surface area (Å²) in [4.78, 5) is 0. The average Bonchev–Trinajstić information content (AvgIpc) is 2.14. The fraction of sp³-hybridized carbons (Fsp3) is 1.00. The van der Waals surface area contributed by atoms with Crippen molar-refractivity contribution in [2.24, 2.45) is 5.73 Å². The van der Waals surface area contributed by atoms with E-state index in [-0.39, 0.29) is 0 Å². The second-order valence-corrected chi connectivity index (χ2v) is 1.76. The smallest absolute Gasteiger partial charge is 0.0106 e. The molecule has 0 unspecified atom stereocenters. The van der Waals surface area contributed by atoms with E-state index in [1.54, 1.807) is 0 Å². The van der Waals surface area contributed by atoms with E-state index < -0.39 is 0 Å². The van der Waals surface area contributed by atoms with E-state index in [0.717, 1.165) is 6.54 Å². The SMILES string of the molecule is CC.CC.CCCCC.CCN. The molecule has 0 aliphatic heterocycles. The van der Waals surface area contributed by atoms with Gasteiger partial charge in [0.25, 0.3) is 0 Å². The first-order chi connectivity index (χ1) is 5.83. The Kier molecular flexibility index (Phi) is 131. The molecule has 0 fully saturated rings. The molecule has 0 rings (SSSR count). The zero-order valence-corrected chi connectivity index (χ0v) is 10.4. The summed E-state index contributed by atoms with van der Waals surface area (Å²) < 4.78 is 0. The van der Waals surface area contributed by atoms with Gasteiger partial charge in [-0.2, -0.15) is 0 Å². The van der Waals surface area contributed by atoms with Crippen LogP contribution >= 0.6 is 0 Å². The molecular weight excluding hydrogens is 146 g/mol. The number of nitrogens with two attached hydrogens (primary N) is 1. The molecule has 1 heteroatoms. The minimum absolute atomic E-state index is 0.750. The Morgan fingerprint density at radius 2 is 0.917 bits per heavy atom. The molecule has 12 heavy (non-hydrogen) atoms. The Balaban J connectivity index is -0.0000000397. The summed E-state index contributed by atoms with van der Waals surface area (Å²) in [6.45, 7) is 15.1. The van der Waals surface area contributed by atoms with Gasteiger partial charge in [0.1, 0.15) is 0 Å². The van der Waals surface area contributed by atoms with Gasteiger partial charge >= 0.3 is 0 Å². The maximum atomic E-state index is 4.85. The van der Waals surface area contributed by atoms with Crippen LogP contribution in [0.3, 0.4) is 0 Å². The summed E-state index contributed by atoms with van der Waals surface area (Å²) >= 11 is 0. The normalized spacial score (nSPS) is 6.00. The predicted molar refractivity (Wildman–Crippen MR) is 62.6 cm³/mol. The lowest BCUT2D eigenvalue weighted by Crippen LogP contribution is -1.87. The summed E-state index contributed by atoms with van der Waals surface area (Å²) in [7, 11) is 0. The highest BCUT2D eigenvalue weighted by Crippen LogP contribution is 1.88. The van der Waals surface area contributed by atoms with Crippen LogP contribution in [0.25, 0.3) is 0 Å². The van der Waals surface area contributed by atoms with Crippen molar-refractivity contribution >= 4 is 0 Å². The van der Waals surface area contributed by atoms with Crippen molar-refractivity contribution in [1.82, 2.24) is 0 Å². The van der Waals surface area contributed by atoms with E-state index in [2.05, 4.69) is 13.8 Å². The molecule has 0 atom stereocenters. The molecule has 2 N–H and O–H groups in total. The zero-order chi connectivity index (χ0) is 10.8. The molecule has 0 aromatic rings. The van der Waals surface area contributed by atoms with Crippen molar-refractivity contribution in [2.45, 2.75) is 67.7 Å². The van der Waals surface area contributed by atoms with Crippen LogP contribution in [-0.4, -0.2) is 6.54 Å². The third-order valence-electron chi connectivity index (χ3n) is 0.707. The maximum absolute atomic E-state index is 4.85. The van der Waals surface area contributed by atoms with Crippen molar-refractivity contribution < 1.29 is 0 Å². The van der Waals surface area contributed by atoms with Gasteiger partial charge in [0.2, 0.25) is 0 Å². The number of rotatable bonds is 2. The standard InChI is InChI=1S/C5H12.C2H7N.2C2H6/c1-3-5-4-2;1-2-3;2*1-2/h3-5H2,1-2H3;2-3H2,1H3;2*1-2H3. The second-order valence-electron chi connectivity index (χ2n) is 1.76. The third kappa shape index (κ3) is 208. The highest BCUT2D eigenvalue weighted by atomic mass is 14.5. The van der Waals surface area contributed by atoms with Crippen molar-refractivity contribution in [2.75, 3.05) is 6.54 Å². The van der Waals surface area contributed by atoms with Crippen LogP contribution in [0.5, 0.6) is 0 Å². The van der Waals surface area contributed by atoms with Gasteiger partial charge in [-0.15, -0.1) is 0 Å². The molecule has 0 heterocycles. The molecular formula is C11H31N. The second kappa shape index (κ2) is 69.3. The minimum Gasteiger partial charge on any atom is -0.331 e. The monoisotopic (exact) mass is 177 g/mol. The molecule has 0 saturated heterocycles. The molecule has 1 nitrogen and oxygen atoms in total. The number of unbranched alkanes of at least 4 members (excludes halogenated alkanes) is 2. The van der Waals surface area contributed by atoms with Crippen LogP contribution in [0.2, 0.25) is 0 Å². The lowest BCUT2D eigenvalue weighted by molar-refractivity contribution is 0.772. The van der Waals surface area contributed by atoms with Crippen LogP contribution in [-0.2, 0) is 0 Å². The first kappa shape index (κ1) is 22.7. The Hall–Kier alpha value is -0.0400. The molecule has 0 amide bonds. The summed E-state index contributed by atoms with van der Waals surface area (Å²) in [6.07, 6.45) is 4.08. The van der Waals surface area contributed by atoms with Crippen LogP contribution < -0.4 is 5.73 Å². The van der Waals surface area contributed by atoms with Crippen molar-refractivity contribution in [1.29, 1.82) is 0 Å². The fourth-order valence-corrected chi connectivity index (χ4v) is 0.354. The Labute approximate surface area is 80.7 Å². The first-order valence-corrected chi connectivity index (χ1v) is 5.53. The molecule has 0 saturated carbocycles. The maximum Gasteiger partial charge on any atom is -0.0106 e. The van der Waals surface area contributed by atoms with Gasteiger partial charge in [0.05, 0.1) is 0 Å². The van der Waals surface area contributed by atoms with E-state index in [9.17, 15) is 0 Å². The molecule has 0 aliphatic carbocycles. The summed E-state index contributed by atoms with van der Waals surface area (Å²) in [5.41, 5.74) is 4.85. The van der Waals surface area contributed by atoms with Crippen LogP contribution in [0, 0.1) is 0 Å². The summed E-state index contributed by atoms with van der Waals surface area (Å²) in [5.74, 6) is 0. The zero-order valence-electron chi connectivity index (χ0n) is 10.4. The van der Waals surface area contributed by atoms with Crippen LogP contribution in [0.1, 0.15) is 67.7 Å². The van der Waals surface area contributed by atoms with Gasteiger partial charge in [-0.1, -0.05) is 67.7 Å². The van der Waals surface area contributed by atoms with Crippen molar-refractivity contribution in [3.8, 4) is 0 Å². The van der Waals surface area contributed by atoms with Gasteiger partial charge in [-0.05, 0) is 6.54 Å². The number of hydrogen-bond acceptors (Lipinski definition) is 1. The molecule has 80 valence electrons. The van der Waals surface area contributed by atoms with Gasteiger partial charge in [0.15, 0.2) is 0 Å². The topological polar surface area (TPSA) is 26.0 Å². The van der Waals surface area contributed by atoms with Crippen LogP contribution in [0.4, 0.5) is 0 Å². The van der Waals surface area contributed by atoms with E-state index >= 15 is 0 Å². The van der Waals surface area contributed by atoms with E-state index in [1.165, 1.54) is 19.3 Å². The lowest BCUT2D eigenvalue weighted by atomic mass is 10.3. The highest BCUT2D eigenvalue weighted by molar-refractivity contribution is 4.24. The summed E-state index contributed by atoms with van der Waals surface area (Å²) in [6, 6.07) is 0. The van der Waals surface area contributed by atoms with Gasteiger partial charge in [-0.3, -0.25) is 0 Å². The molecule has 0 aliphatic rings. The molecule has 0 aromatic carbocycles. The molecule has 0 aromatic heterocycles. The van der Waals surface area contributed by atoms with Gasteiger partial charge < -0.3 is 5.73 Å². The third-order valence-corrected chi connectivity index (χ3v) is 0.707. The first-order valence-electron chi connectivity index (χ1n) is 5.53. The molecule has 0 radical (unpaired) electrons. The summed E-state index contributed by atoms with van der Waals surface area (Å²) in [5, 5.41) is 0. The van der Waals surface area contributed by atoms with E-state index in [4.69, 9.17) is 5.73 Å². The minimum atomic E-state index is 0.750. The molecule has 0 bridgehead atoms. The largest absolute Gasteiger partial charge is 0.331 e. The highest BCUT2D eigenvalue weighted by Gasteiger charge is 1.68. The lowest BCUT2D eigenvalue weighted by Gasteiger charge is -1.79.